The van der Waals surface area contributed by atoms with Crippen LogP contribution in [0.25, 0.3) is 0 Å². The molecule has 0 aromatic rings. The minimum absolute atomic E-state index is 0.277. The molecule has 1 heteroatoms. The van der Waals surface area contributed by atoms with Crippen LogP contribution in [-0.2, 0) is 0 Å². The third-order valence-corrected chi connectivity index (χ3v) is 6.45. The molecule has 0 amide bonds. The summed E-state index contributed by atoms with van der Waals surface area (Å²) in [5.41, 5.74) is 2.75. The van der Waals surface area contributed by atoms with E-state index in [1.54, 1.807) is 0 Å². The lowest BCUT2D eigenvalue weighted by Gasteiger charge is -2.59. The minimum Gasteiger partial charge on any atom is -0.389 e. The van der Waals surface area contributed by atoms with Crippen LogP contribution >= 0.6 is 0 Å². The molecule has 0 unspecified atom stereocenters. The molecule has 4 atom stereocenters. The fourth-order valence-corrected chi connectivity index (χ4v) is 5.15. The number of hydrogen-bond acceptors (Lipinski definition) is 1. The van der Waals surface area contributed by atoms with Gasteiger partial charge >= 0.3 is 0 Å². The molecule has 0 bridgehead atoms. The van der Waals surface area contributed by atoms with Gasteiger partial charge in [-0.25, -0.2) is 0 Å². The molecule has 2 saturated carbocycles. The summed E-state index contributed by atoms with van der Waals surface area (Å²) in [6.45, 7) is 19.3. The van der Waals surface area contributed by atoms with Crippen molar-refractivity contribution in [3.05, 3.63) is 37.0 Å². The van der Waals surface area contributed by atoms with Gasteiger partial charge < -0.3 is 5.11 Å². The fourth-order valence-electron chi connectivity index (χ4n) is 5.15. The average Bonchev–Trinajstić information content (AvgIpc) is 2.41. The van der Waals surface area contributed by atoms with Crippen molar-refractivity contribution in [3.8, 4) is 0 Å². The van der Waals surface area contributed by atoms with Gasteiger partial charge in [-0.3, -0.25) is 0 Å². The van der Waals surface area contributed by atoms with Gasteiger partial charge in [0.25, 0.3) is 0 Å². The lowest BCUT2D eigenvalue weighted by molar-refractivity contribution is -0.0834. The first-order valence-corrected chi connectivity index (χ1v) is 8.39. The highest BCUT2D eigenvalue weighted by atomic mass is 16.3. The average molecular weight is 288 g/mol. The third kappa shape index (κ3) is 2.90. The summed E-state index contributed by atoms with van der Waals surface area (Å²) in [6.07, 6.45) is 8.25. The molecule has 118 valence electrons. The van der Waals surface area contributed by atoms with Gasteiger partial charge in [0.05, 0.1) is 6.10 Å². The van der Waals surface area contributed by atoms with Gasteiger partial charge in [0.2, 0.25) is 0 Å². The van der Waals surface area contributed by atoms with E-state index in [-0.39, 0.29) is 11.5 Å². The smallest absolute Gasteiger partial charge is 0.0753 e. The van der Waals surface area contributed by atoms with Gasteiger partial charge in [0.15, 0.2) is 0 Å². The first-order chi connectivity index (χ1) is 9.72. The van der Waals surface area contributed by atoms with Crippen LogP contribution in [0.4, 0.5) is 0 Å². The molecule has 0 radical (unpaired) electrons. The Bertz CT molecular complexity index is 445. The predicted octanol–water partition coefficient (Wildman–Crippen LogP) is 5.28. The van der Waals surface area contributed by atoms with Gasteiger partial charge in [-0.05, 0) is 60.3 Å². The topological polar surface area (TPSA) is 20.2 Å². The molecule has 2 fully saturated rings. The molecule has 0 saturated heterocycles. The van der Waals surface area contributed by atoms with Crippen molar-refractivity contribution in [2.24, 2.45) is 22.7 Å². The van der Waals surface area contributed by atoms with Gasteiger partial charge in [-0.15, -0.1) is 0 Å². The van der Waals surface area contributed by atoms with Crippen LogP contribution in [0.3, 0.4) is 0 Å². The van der Waals surface area contributed by atoms with Crippen molar-refractivity contribution in [1.29, 1.82) is 0 Å². The van der Waals surface area contributed by atoms with Crippen molar-refractivity contribution in [2.75, 3.05) is 0 Å². The maximum absolute atomic E-state index is 10.5. The Morgan fingerprint density at radius 2 is 2.00 bits per heavy atom. The van der Waals surface area contributed by atoms with Crippen LogP contribution in [0.1, 0.15) is 59.3 Å². The van der Waals surface area contributed by atoms with E-state index in [0.717, 1.165) is 30.4 Å². The van der Waals surface area contributed by atoms with Crippen molar-refractivity contribution in [2.45, 2.75) is 65.4 Å². The second-order valence-corrected chi connectivity index (χ2v) is 8.18. The lowest BCUT2D eigenvalue weighted by Crippen LogP contribution is -2.52. The van der Waals surface area contributed by atoms with Crippen LogP contribution in [0.2, 0.25) is 0 Å². The van der Waals surface area contributed by atoms with Crippen LogP contribution in [0, 0.1) is 22.7 Å². The minimum atomic E-state index is -0.331. The zero-order valence-electron chi connectivity index (χ0n) is 14.1. The summed E-state index contributed by atoms with van der Waals surface area (Å²) in [5.74, 6) is 0.990. The van der Waals surface area contributed by atoms with Crippen LogP contribution in [-0.4, -0.2) is 11.2 Å². The molecule has 0 aromatic heterocycles. The largest absolute Gasteiger partial charge is 0.389 e. The first kappa shape index (κ1) is 16.5. The van der Waals surface area contributed by atoms with E-state index in [0.29, 0.717) is 17.3 Å². The molecule has 0 aliphatic heterocycles. The molecule has 2 aliphatic carbocycles. The van der Waals surface area contributed by atoms with Gasteiger partial charge in [-0.2, -0.15) is 0 Å². The second kappa shape index (κ2) is 5.76. The Hall–Kier alpha value is -0.820. The van der Waals surface area contributed by atoms with Crippen molar-refractivity contribution in [3.63, 3.8) is 0 Å². The van der Waals surface area contributed by atoms with E-state index in [1.165, 1.54) is 19.3 Å². The molecule has 1 nitrogen and oxygen atoms in total. The predicted molar refractivity (Wildman–Crippen MR) is 91.1 cm³/mol. The van der Waals surface area contributed by atoms with Gasteiger partial charge in [0, 0.05) is 0 Å². The third-order valence-electron chi connectivity index (χ3n) is 6.45. The quantitative estimate of drug-likeness (QED) is 0.551. The van der Waals surface area contributed by atoms with E-state index in [2.05, 4.69) is 40.5 Å². The highest BCUT2D eigenvalue weighted by molar-refractivity contribution is 5.21. The number of fused-ring (bicyclic) bond motifs is 1. The molecule has 21 heavy (non-hydrogen) atoms. The number of aliphatic hydroxyl groups is 1. The summed E-state index contributed by atoms with van der Waals surface area (Å²) in [5, 5.41) is 10.5. The van der Waals surface area contributed by atoms with E-state index in [4.69, 9.17) is 0 Å². The zero-order valence-corrected chi connectivity index (χ0v) is 14.1. The van der Waals surface area contributed by atoms with E-state index in [1.807, 2.05) is 6.08 Å². The molecule has 1 N–H and O–H groups in total. The van der Waals surface area contributed by atoms with Crippen molar-refractivity contribution < 1.29 is 5.11 Å². The SMILES string of the molecule is C=CC(=C)CC[C@H]1C(=C)[C@@H](O)C[C@H]2C(C)(C)CCC[C@]12C. The lowest BCUT2D eigenvalue weighted by atomic mass is 9.46. The number of hydrogen-bond donors (Lipinski definition) is 1. The second-order valence-electron chi connectivity index (χ2n) is 8.18. The highest BCUT2D eigenvalue weighted by Gasteiger charge is 2.54. The normalized spacial score (nSPS) is 38.7. The molecule has 2 rings (SSSR count). The number of rotatable bonds is 4. The Labute approximate surface area is 130 Å². The molecular weight excluding hydrogens is 256 g/mol. The van der Waals surface area contributed by atoms with Crippen LogP contribution in [0.15, 0.2) is 37.0 Å². The fraction of sp³-hybridized carbons (Fsp3) is 0.700. The van der Waals surface area contributed by atoms with E-state index < -0.39 is 0 Å². The Morgan fingerprint density at radius 1 is 1.33 bits per heavy atom. The standard InChI is InChI=1S/C20H32O/c1-7-14(2)9-10-16-15(3)17(21)13-18-19(4,5)11-8-12-20(16,18)6/h7,16-18,21H,1-3,8-13H2,4-6H3/t16-,17-,18-,20+/m0/s1. The van der Waals surface area contributed by atoms with Crippen LogP contribution in [0.5, 0.6) is 0 Å². The molecule has 2 aliphatic rings. The Balaban J connectivity index is 2.28. The molecular formula is C20H32O. The maximum atomic E-state index is 10.5. The van der Waals surface area contributed by atoms with Crippen molar-refractivity contribution >= 4 is 0 Å². The Kier molecular flexibility index (Phi) is 4.54. The summed E-state index contributed by atoms with van der Waals surface area (Å²) in [4.78, 5) is 0. The summed E-state index contributed by atoms with van der Waals surface area (Å²) >= 11 is 0. The van der Waals surface area contributed by atoms with Crippen molar-refractivity contribution in [1.82, 2.24) is 0 Å². The first-order valence-electron chi connectivity index (χ1n) is 8.39. The maximum Gasteiger partial charge on any atom is 0.0753 e. The Morgan fingerprint density at radius 3 is 2.62 bits per heavy atom. The number of aliphatic hydroxyl groups excluding tert-OH is 1. The summed E-state index contributed by atoms with van der Waals surface area (Å²) < 4.78 is 0. The molecule has 0 aromatic carbocycles. The number of allylic oxidation sites excluding steroid dienone is 2. The van der Waals surface area contributed by atoms with E-state index >= 15 is 0 Å². The summed E-state index contributed by atoms with van der Waals surface area (Å²) in [7, 11) is 0. The zero-order chi connectivity index (χ0) is 15.8. The van der Waals surface area contributed by atoms with E-state index in [9.17, 15) is 5.11 Å². The van der Waals surface area contributed by atoms with Gasteiger partial charge in [-0.1, -0.05) is 58.6 Å². The molecule has 0 heterocycles. The molecule has 0 spiro atoms. The van der Waals surface area contributed by atoms with Gasteiger partial charge in [0.1, 0.15) is 0 Å². The highest BCUT2D eigenvalue weighted by Crippen LogP contribution is 2.61. The monoisotopic (exact) mass is 288 g/mol. The summed E-state index contributed by atoms with van der Waals surface area (Å²) in [6, 6.07) is 0. The van der Waals surface area contributed by atoms with Crippen LogP contribution < -0.4 is 0 Å².